The molecule has 0 bridgehead atoms. The third-order valence-corrected chi connectivity index (χ3v) is 4.48. The Morgan fingerprint density at radius 1 is 1.46 bits per heavy atom. The largest absolute Gasteiger partial charge is 0.417 e. The van der Waals surface area contributed by atoms with E-state index in [0.717, 1.165) is 13.0 Å². The van der Waals surface area contributed by atoms with Gasteiger partial charge < -0.3 is 4.43 Å². The average molecular weight is 279 g/mol. The van der Waals surface area contributed by atoms with Crippen molar-refractivity contribution in [1.29, 1.82) is 0 Å². The van der Waals surface area contributed by atoms with Crippen molar-refractivity contribution in [3.63, 3.8) is 0 Å². The second kappa shape index (κ2) is 4.73. The van der Waals surface area contributed by atoms with Crippen LogP contribution in [0.15, 0.2) is 15.2 Å². The van der Waals surface area contributed by atoms with Gasteiger partial charge in [-0.25, -0.2) is 0 Å². The molecule has 74 valence electrons. The van der Waals surface area contributed by atoms with E-state index in [2.05, 4.69) is 47.0 Å². The van der Waals surface area contributed by atoms with Crippen molar-refractivity contribution in [2.75, 3.05) is 6.61 Å². The Labute approximate surface area is 93.4 Å². The Hall–Kier alpha value is 0.357. The topological polar surface area (TPSA) is 9.23 Å². The van der Waals surface area contributed by atoms with Crippen LogP contribution in [-0.2, 0) is 10.8 Å². The second-order valence-corrected chi connectivity index (χ2v) is 10.7. The molecule has 0 aliphatic carbocycles. The van der Waals surface area contributed by atoms with Gasteiger partial charge >= 0.3 is 0 Å². The van der Waals surface area contributed by atoms with Gasteiger partial charge in [0.25, 0.3) is 0 Å². The molecule has 0 spiro atoms. The van der Waals surface area contributed by atoms with Gasteiger partial charge in [0.2, 0.25) is 0 Å². The predicted molar refractivity (Wildman–Crippen MR) is 65.0 cm³/mol. The summed E-state index contributed by atoms with van der Waals surface area (Å²) in [7, 11) is -1.32. The number of thiophene rings is 1. The maximum absolute atomic E-state index is 5.78. The third kappa shape index (κ3) is 4.40. The third-order valence-electron chi connectivity index (χ3n) is 1.60. The fraction of sp³-hybridized carbons (Fsp3) is 0.556. The SMILES string of the molecule is C[Si](C)(C)OCCc1ccsc1Br. The van der Waals surface area contributed by atoms with Crippen LogP contribution in [-0.4, -0.2) is 14.9 Å². The lowest BCUT2D eigenvalue weighted by atomic mass is 10.3. The maximum atomic E-state index is 5.78. The smallest absolute Gasteiger partial charge is 0.183 e. The summed E-state index contributed by atoms with van der Waals surface area (Å²) in [6.07, 6.45) is 1.02. The van der Waals surface area contributed by atoms with Gasteiger partial charge in [0.05, 0.1) is 3.79 Å². The first kappa shape index (κ1) is 11.4. The van der Waals surface area contributed by atoms with Crippen LogP contribution in [0.3, 0.4) is 0 Å². The molecule has 0 aliphatic heterocycles. The predicted octanol–water partition coefficient (Wildman–Crippen LogP) is 3.90. The van der Waals surface area contributed by atoms with Crippen LogP contribution >= 0.6 is 27.3 Å². The van der Waals surface area contributed by atoms with Crippen molar-refractivity contribution >= 4 is 35.6 Å². The fourth-order valence-corrected chi connectivity index (χ4v) is 3.01. The molecule has 0 saturated carbocycles. The maximum Gasteiger partial charge on any atom is 0.183 e. The number of halogens is 1. The molecule has 1 heterocycles. The van der Waals surface area contributed by atoms with Crippen LogP contribution in [0.25, 0.3) is 0 Å². The fourth-order valence-electron chi connectivity index (χ4n) is 0.966. The summed E-state index contributed by atoms with van der Waals surface area (Å²) in [5.41, 5.74) is 1.36. The highest BCUT2D eigenvalue weighted by atomic mass is 79.9. The zero-order valence-electron chi connectivity index (χ0n) is 8.26. The first-order valence-corrected chi connectivity index (χ1v) is 9.43. The van der Waals surface area contributed by atoms with E-state index in [4.69, 9.17) is 4.43 Å². The summed E-state index contributed by atoms with van der Waals surface area (Å²) in [4.78, 5) is 0. The molecule has 0 amide bonds. The zero-order chi connectivity index (χ0) is 9.90. The summed E-state index contributed by atoms with van der Waals surface area (Å²) in [6.45, 7) is 7.51. The minimum absolute atomic E-state index is 0.852. The highest BCUT2D eigenvalue weighted by Gasteiger charge is 2.13. The molecule has 1 aromatic rings. The molecule has 0 fully saturated rings. The lowest BCUT2D eigenvalue weighted by Gasteiger charge is -2.16. The van der Waals surface area contributed by atoms with E-state index in [1.165, 1.54) is 9.35 Å². The second-order valence-electron chi connectivity index (χ2n) is 3.93. The van der Waals surface area contributed by atoms with Crippen LogP contribution in [0, 0.1) is 0 Å². The molecule has 0 aliphatic rings. The minimum Gasteiger partial charge on any atom is -0.417 e. The molecule has 0 atom stereocenters. The lowest BCUT2D eigenvalue weighted by molar-refractivity contribution is 0.316. The molecule has 0 radical (unpaired) electrons. The zero-order valence-corrected chi connectivity index (χ0v) is 11.7. The molecule has 0 aromatic carbocycles. The molecular weight excluding hydrogens is 264 g/mol. The van der Waals surface area contributed by atoms with Crippen molar-refractivity contribution < 1.29 is 4.43 Å². The highest BCUT2D eigenvalue weighted by Crippen LogP contribution is 2.23. The highest BCUT2D eigenvalue weighted by molar-refractivity contribution is 9.11. The van der Waals surface area contributed by atoms with Crippen LogP contribution in [0.5, 0.6) is 0 Å². The van der Waals surface area contributed by atoms with E-state index in [0.29, 0.717) is 0 Å². The first-order chi connectivity index (χ1) is 5.99. The quantitative estimate of drug-likeness (QED) is 0.759. The van der Waals surface area contributed by atoms with Gasteiger partial charge in [-0.1, -0.05) is 0 Å². The first-order valence-electron chi connectivity index (χ1n) is 4.35. The van der Waals surface area contributed by atoms with Gasteiger partial charge in [-0.3, -0.25) is 0 Å². The molecular formula is C9H15BrOSSi. The van der Waals surface area contributed by atoms with Gasteiger partial charge in [-0.15, -0.1) is 11.3 Å². The van der Waals surface area contributed by atoms with Crippen molar-refractivity contribution in [3.05, 3.63) is 20.8 Å². The Morgan fingerprint density at radius 3 is 2.62 bits per heavy atom. The molecule has 1 rings (SSSR count). The Kier molecular flexibility index (Phi) is 4.16. The lowest BCUT2D eigenvalue weighted by Crippen LogP contribution is -2.26. The van der Waals surface area contributed by atoms with Crippen molar-refractivity contribution in [2.24, 2.45) is 0 Å². The van der Waals surface area contributed by atoms with Crippen LogP contribution in [0.2, 0.25) is 19.6 Å². The van der Waals surface area contributed by atoms with Gasteiger partial charge in [-0.05, 0) is 59.0 Å². The molecule has 1 aromatic heterocycles. The Morgan fingerprint density at radius 2 is 2.15 bits per heavy atom. The Bertz CT molecular complexity index is 267. The van der Waals surface area contributed by atoms with E-state index in [1.807, 2.05) is 0 Å². The molecule has 1 nitrogen and oxygen atoms in total. The normalized spacial score (nSPS) is 12.0. The summed E-state index contributed by atoms with van der Waals surface area (Å²) in [5, 5.41) is 2.11. The van der Waals surface area contributed by atoms with Crippen molar-refractivity contribution in [2.45, 2.75) is 26.1 Å². The average Bonchev–Trinajstić information content (AvgIpc) is 2.34. The van der Waals surface area contributed by atoms with Gasteiger partial charge in [0.1, 0.15) is 0 Å². The van der Waals surface area contributed by atoms with Crippen LogP contribution in [0.1, 0.15) is 5.56 Å². The molecule has 13 heavy (non-hydrogen) atoms. The van der Waals surface area contributed by atoms with Gasteiger partial charge in [-0.2, -0.15) is 0 Å². The van der Waals surface area contributed by atoms with E-state index in [-0.39, 0.29) is 0 Å². The van der Waals surface area contributed by atoms with E-state index < -0.39 is 8.32 Å². The number of rotatable bonds is 4. The molecule has 0 unspecified atom stereocenters. The van der Waals surface area contributed by atoms with Gasteiger partial charge in [0, 0.05) is 6.61 Å². The van der Waals surface area contributed by atoms with Crippen LogP contribution in [0.4, 0.5) is 0 Å². The molecule has 0 saturated heterocycles. The van der Waals surface area contributed by atoms with E-state index in [9.17, 15) is 0 Å². The number of hydrogen-bond acceptors (Lipinski definition) is 2. The summed E-state index contributed by atoms with van der Waals surface area (Å²) < 4.78 is 7.02. The summed E-state index contributed by atoms with van der Waals surface area (Å²) in [5.74, 6) is 0. The minimum atomic E-state index is -1.32. The van der Waals surface area contributed by atoms with E-state index >= 15 is 0 Å². The monoisotopic (exact) mass is 278 g/mol. The standard InChI is InChI=1S/C9H15BrOSSi/c1-13(2,3)11-6-4-8-5-7-12-9(8)10/h5,7H,4,6H2,1-3H3. The Balaban J connectivity index is 2.32. The van der Waals surface area contributed by atoms with Crippen LogP contribution < -0.4 is 0 Å². The number of hydrogen-bond donors (Lipinski definition) is 0. The van der Waals surface area contributed by atoms with Crippen molar-refractivity contribution in [3.8, 4) is 0 Å². The van der Waals surface area contributed by atoms with Crippen molar-refractivity contribution in [1.82, 2.24) is 0 Å². The summed E-state index contributed by atoms with van der Waals surface area (Å²) >= 11 is 5.26. The van der Waals surface area contributed by atoms with E-state index in [1.54, 1.807) is 11.3 Å². The van der Waals surface area contributed by atoms with Gasteiger partial charge in [0.15, 0.2) is 8.32 Å². The summed E-state index contributed by atoms with van der Waals surface area (Å²) in [6, 6.07) is 2.16. The molecule has 4 heteroatoms. The molecule has 0 N–H and O–H groups in total.